The number of hydrogen-bond donors (Lipinski definition) is 0. The summed E-state index contributed by atoms with van der Waals surface area (Å²) in [6.45, 7) is 1.06. The van der Waals surface area contributed by atoms with Gasteiger partial charge in [-0.05, 0) is 18.9 Å². The number of hydrogen-bond acceptors (Lipinski definition) is 3. The second kappa shape index (κ2) is 5.39. The quantitative estimate of drug-likeness (QED) is 0.772. The van der Waals surface area contributed by atoms with Gasteiger partial charge in [0.05, 0.1) is 11.7 Å². The Morgan fingerprint density at radius 2 is 2.39 bits per heavy atom. The van der Waals surface area contributed by atoms with E-state index in [4.69, 9.17) is 4.74 Å². The summed E-state index contributed by atoms with van der Waals surface area (Å²) >= 11 is 0. The highest BCUT2D eigenvalue weighted by Gasteiger charge is 2.23. The fourth-order valence-electron chi connectivity index (χ4n) is 1.97. The van der Waals surface area contributed by atoms with Crippen LogP contribution in [0, 0.1) is 11.8 Å². The SMILES string of the molecule is CN(CC1CCCO1)C(=O)c1ccnc(F)c1F. The molecule has 6 heteroatoms. The van der Waals surface area contributed by atoms with Crippen molar-refractivity contribution in [2.24, 2.45) is 0 Å². The number of ether oxygens (including phenoxy) is 1. The van der Waals surface area contributed by atoms with Crippen molar-refractivity contribution in [2.45, 2.75) is 18.9 Å². The Labute approximate surface area is 104 Å². The van der Waals surface area contributed by atoms with Gasteiger partial charge in [-0.2, -0.15) is 4.39 Å². The molecule has 1 atom stereocenters. The Kier molecular flexibility index (Phi) is 3.86. The third-order valence-corrected chi connectivity index (χ3v) is 2.93. The van der Waals surface area contributed by atoms with Crippen LogP contribution < -0.4 is 0 Å². The molecule has 1 aliphatic rings. The summed E-state index contributed by atoms with van der Waals surface area (Å²) in [5.41, 5.74) is -0.303. The van der Waals surface area contributed by atoms with Gasteiger partial charge in [-0.3, -0.25) is 4.79 Å². The van der Waals surface area contributed by atoms with Crippen molar-refractivity contribution in [2.75, 3.05) is 20.2 Å². The zero-order chi connectivity index (χ0) is 13.1. The monoisotopic (exact) mass is 256 g/mol. The van der Waals surface area contributed by atoms with Gasteiger partial charge in [0, 0.05) is 26.4 Å². The molecule has 18 heavy (non-hydrogen) atoms. The molecule has 1 aromatic heterocycles. The Balaban J connectivity index is 2.07. The number of rotatable bonds is 3. The van der Waals surface area contributed by atoms with Crippen LogP contribution in [0.25, 0.3) is 0 Å². The first-order chi connectivity index (χ1) is 8.59. The van der Waals surface area contributed by atoms with Crippen LogP contribution in [-0.4, -0.2) is 42.1 Å². The number of amides is 1. The van der Waals surface area contributed by atoms with Crippen LogP contribution in [0.1, 0.15) is 23.2 Å². The van der Waals surface area contributed by atoms with Crippen LogP contribution in [0.5, 0.6) is 0 Å². The summed E-state index contributed by atoms with van der Waals surface area (Å²) in [5, 5.41) is 0. The van der Waals surface area contributed by atoms with Crippen molar-refractivity contribution in [3.63, 3.8) is 0 Å². The van der Waals surface area contributed by atoms with E-state index in [-0.39, 0.29) is 11.7 Å². The Morgan fingerprint density at radius 1 is 1.61 bits per heavy atom. The minimum Gasteiger partial charge on any atom is -0.376 e. The average molecular weight is 256 g/mol. The first-order valence-corrected chi connectivity index (χ1v) is 5.76. The molecule has 4 nitrogen and oxygen atoms in total. The molecule has 0 saturated carbocycles. The van der Waals surface area contributed by atoms with Crippen molar-refractivity contribution in [3.05, 3.63) is 29.6 Å². The predicted octanol–water partition coefficient (Wildman–Crippen LogP) is 1.61. The lowest BCUT2D eigenvalue weighted by molar-refractivity contribution is 0.0582. The minimum absolute atomic E-state index is 0.0197. The summed E-state index contributed by atoms with van der Waals surface area (Å²) in [5.74, 6) is -3.03. The molecule has 0 N–H and O–H groups in total. The highest BCUT2D eigenvalue weighted by molar-refractivity contribution is 5.94. The molecule has 1 aliphatic heterocycles. The van der Waals surface area contributed by atoms with Gasteiger partial charge >= 0.3 is 0 Å². The number of carbonyl (C=O) groups excluding carboxylic acids is 1. The van der Waals surface area contributed by atoms with Crippen LogP contribution in [0.2, 0.25) is 0 Å². The van der Waals surface area contributed by atoms with Crippen molar-refractivity contribution in [1.29, 1.82) is 0 Å². The van der Waals surface area contributed by atoms with Gasteiger partial charge in [0.1, 0.15) is 0 Å². The van der Waals surface area contributed by atoms with Gasteiger partial charge in [-0.25, -0.2) is 9.37 Å². The molecular weight excluding hydrogens is 242 g/mol. The maximum Gasteiger partial charge on any atom is 0.256 e. The van der Waals surface area contributed by atoms with Crippen molar-refractivity contribution < 1.29 is 18.3 Å². The predicted molar refractivity (Wildman–Crippen MR) is 60.1 cm³/mol. The number of aromatic nitrogens is 1. The molecule has 1 unspecified atom stereocenters. The number of likely N-dealkylation sites (N-methyl/N-ethyl adjacent to an activating group) is 1. The first kappa shape index (κ1) is 12.9. The second-order valence-corrected chi connectivity index (χ2v) is 4.28. The summed E-state index contributed by atoms with van der Waals surface area (Å²) in [4.78, 5) is 16.4. The van der Waals surface area contributed by atoms with E-state index in [1.807, 2.05) is 0 Å². The van der Waals surface area contributed by atoms with Crippen LogP contribution in [-0.2, 0) is 4.74 Å². The molecule has 1 saturated heterocycles. The van der Waals surface area contributed by atoms with E-state index in [0.29, 0.717) is 13.2 Å². The zero-order valence-corrected chi connectivity index (χ0v) is 10.0. The van der Waals surface area contributed by atoms with Gasteiger partial charge in [-0.15, -0.1) is 0 Å². The highest BCUT2D eigenvalue weighted by Crippen LogP contribution is 2.15. The van der Waals surface area contributed by atoms with Crippen LogP contribution in [0.4, 0.5) is 8.78 Å². The maximum atomic E-state index is 13.4. The van der Waals surface area contributed by atoms with E-state index in [9.17, 15) is 13.6 Å². The largest absolute Gasteiger partial charge is 0.376 e. The molecule has 0 radical (unpaired) electrons. The molecule has 2 rings (SSSR count). The topological polar surface area (TPSA) is 42.4 Å². The smallest absolute Gasteiger partial charge is 0.256 e. The number of carbonyl (C=O) groups is 1. The zero-order valence-electron chi connectivity index (χ0n) is 10.0. The van der Waals surface area contributed by atoms with Gasteiger partial charge in [-0.1, -0.05) is 0 Å². The summed E-state index contributed by atoms with van der Waals surface area (Å²) in [6.07, 6.45) is 2.90. The molecule has 1 fully saturated rings. The van der Waals surface area contributed by atoms with Gasteiger partial charge in [0.25, 0.3) is 5.91 Å². The van der Waals surface area contributed by atoms with E-state index >= 15 is 0 Å². The van der Waals surface area contributed by atoms with Gasteiger partial charge in [0.2, 0.25) is 5.95 Å². The van der Waals surface area contributed by atoms with Crippen molar-refractivity contribution >= 4 is 5.91 Å². The molecule has 1 aromatic rings. The van der Waals surface area contributed by atoms with Gasteiger partial charge < -0.3 is 9.64 Å². The fraction of sp³-hybridized carbons (Fsp3) is 0.500. The standard InChI is InChI=1S/C12H14F2N2O2/c1-16(7-8-3-2-6-18-8)12(17)9-4-5-15-11(14)10(9)13/h4-5,8H,2-3,6-7H2,1H3. The van der Waals surface area contributed by atoms with Crippen LogP contribution in [0.3, 0.4) is 0 Å². The fourth-order valence-corrected chi connectivity index (χ4v) is 1.97. The third kappa shape index (κ3) is 2.64. The minimum atomic E-state index is -1.26. The Morgan fingerprint density at radius 3 is 3.06 bits per heavy atom. The lowest BCUT2D eigenvalue weighted by Gasteiger charge is -2.20. The summed E-state index contributed by atoms with van der Waals surface area (Å²) in [7, 11) is 1.54. The van der Waals surface area contributed by atoms with Crippen LogP contribution in [0.15, 0.2) is 12.3 Å². The van der Waals surface area contributed by atoms with E-state index in [1.165, 1.54) is 11.0 Å². The number of pyridine rings is 1. The lowest BCUT2D eigenvalue weighted by atomic mass is 10.2. The van der Waals surface area contributed by atoms with E-state index in [2.05, 4.69) is 4.98 Å². The lowest BCUT2D eigenvalue weighted by Crippen LogP contribution is -2.34. The summed E-state index contributed by atoms with van der Waals surface area (Å²) < 4.78 is 31.7. The molecular formula is C12H14F2N2O2. The van der Waals surface area contributed by atoms with E-state index in [0.717, 1.165) is 19.0 Å². The molecule has 2 heterocycles. The van der Waals surface area contributed by atoms with Gasteiger partial charge in [0.15, 0.2) is 5.82 Å². The average Bonchev–Trinajstić information content (AvgIpc) is 2.84. The van der Waals surface area contributed by atoms with Crippen LogP contribution >= 0.6 is 0 Å². The molecule has 0 aliphatic carbocycles. The normalized spacial score (nSPS) is 18.9. The molecule has 1 amide bonds. The maximum absolute atomic E-state index is 13.4. The van der Waals surface area contributed by atoms with Crippen molar-refractivity contribution in [1.82, 2.24) is 9.88 Å². The molecule has 0 spiro atoms. The van der Waals surface area contributed by atoms with E-state index < -0.39 is 17.7 Å². The van der Waals surface area contributed by atoms with Crippen molar-refractivity contribution in [3.8, 4) is 0 Å². The Hall–Kier alpha value is -1.56. The second-order valence-electron chi connectivity index (χ2n) is 4.28. The Bertz CT molecular complexity index is 448. The molecule has 0 bridgehead atoms. The molecule has 98 valence electrons. The summed E-state index contributed by atoms with van der Waals surface area (Å²) in [6, 6.07) is 1.17. The molecule has 0 aromatic carbocycles. The third-order valence-electron chi connectivity index (χ3n) is 2.93. The highest BCUT2D eigenvalue weighted by atomic mass is 19.2. The number of halogens is 2. The first-order valence-electron chi connectivity index (χ1n) is 5.76. The number of nitrogens with zero attached hydrogens (tertiary/aromatic N) is 2. The van der Waals surface area contributed by atoms with E-state index in [1.54, 1.807) is 7.05 Å².